The van der Waals surface area contributed by atoms with Crippen LogP contribution in [-0.2, 0) is 9.53 Å². The number of hydrogen-bond acceptors (Lipinski definition) is 3. The first-order chi connectivity index (χ1) is 6.16. The zero-order chi connectivity index (χ0) is 10.1. The Kier molecular flexibility index (Phi) is 6.68. The van der Waals surface area contributed by atoms with Crippen molar-refractivity contribution in [2.45, 2.75) is 26.2 Å². The first-order valence-corrected chi connectivity index (χ1v) is 4.37. The second kappa shape index (κ2) is 7.39. The molecule has 0 unspecified atom stereocenters. The van der Waals surface area contributed by atoms with E-state index in [0.29, 0.717) is 26.0 Å². The van der Waals surface area contributed by atoms with Gasteiger partial charge in [-0.25, -0.2) is 0 Å². The smallest absolute Gasteiger partial charge is 0.305 e. The maximum absolute atomic E-state index is 10.9. The fraction of sp³-hybridized carbons (Fsp3) is 0.750. The number of rotatable bonds is 6. The fourth-order valence-corrected chi connectivity index (χ4v) is 0.720. The summed E-state index contributed by atoms with van der Waals surface area (Å²) < 4.78 is 4.85. The molecule has 4 N–H and O–H groups in total. The van der Waals surface area contributed by atoms with Crippen molar-refractivity contribution in [3.8, 4) is 0 Å². The summed E-state index contributed by atoms with van der Waals surface area (Å²) >= 11 is 0. The first-order valence-electron chi connectivity index (χ1n) is 4.37. The lowest BCUT2D eigenvalue weighted by Gasteiger charge is -2.01. The van der Waals surface area contributed by atoms with Crippen molar-refractivity contribution < 1.29 is 9.53 Å². The standard InChI is InChI=1S/C8H17N3O2/c1-2-6-13-7(12)4-3-5-11-8(9)10/h2-6H2,1H3,(H4,9,10,11). The van der Waals surface area contributed by atoms with E-state index in [4.69, 9.17) is 16.2 Å². The Morgan fingerprint density at radius 3 is 2.69 bits per heavy atom. The molecule has 5 heteroatoms. The number of esters is 1. The third kappa shape index (κ3) is 8.65. The number of carbonyl (C=O) groups is 1. The normalized spacial score (nSPS) is 9.31. The van der Waals surface area contributed by atoms with Crippen LogP contribution in [-0.4, -0.2) is 25.1 Å². The van der Waals surface area contributed by atoms with Gasteiger partial charge in [0.25, 0.3) is 0 Å². The number of nitrogens with zero attached hydrogens (tertiary/aromatic N) is 1. The number of nitrogens with two attached hydrogens (primary N) is 2. The minimum absolute atomic E-state index is 0.0573. The second-order valence-electron chi connectivity index (χ2n) is 2.63. The third-order valence-electron chi connectivity index (χ3n) is 1.30. The largest absolute Gasteiger partial charge is 0.466 e. The van der Waals surface area contributed by atoms with Crippen LogP contribution >= 0.6 is 0 Å². The van der Waals surface area contributed by atoms with Gasteiger partial charge in [-0.1, -0.05) is 6.92 Å². The van der Waals surface area contributed by atoms with Crippen LogP contribution in [0.2, 0.25) is 0 Å². The average Bonchev–Trinajstić information content (AvgIpc) is 2.08. The van der Waals surface area contributed by atoms with Gasteiger partial charge in [0.2, 0.25) is 0 Å². The maximum Gasteiger partial charge on any atom is 0.305 e. The van der Waals surface area contributed by atoms with E-state index < -0.39 is 0 Å². The molecule has 0 aliphatic carbocycles. The summed E-state index contributed by atoms with van der Waals surface area (Å²) in [6, 6.07) is 0. The molecule has 0 bridgehead atoms. The molecule has 0 atom stereocenters. The topological polar surface area (TPSA) is 90.7 Å². The van der Waals surface area contributed by atoms with Crippen LogP contribution < -0.4 is 11.5 Å². The Morgan fingerprint density at radius 2 is 2.15 bits per heavy atom. The van der Waals surface area contributed by atoms with Gasteiger partial charge in [0.1, 0.15) is 0 Å². The van der Waals surface area contributed by atoms with E-state index >= 15 is 0 Å². The summed E-state index contributed by atoms with van der Waals surface area (Å²) in [5.41, 5.74) is 10.2. The SMILES string of the molecule is CCCOC(=O)CCCN=C(N)N. The van der Waals surface area contributed by atoms with Crippen LogP contribution in [0.4, 0.5) is 0 Å². The molecule has 0 amide bonds. The number of hydrogen-bond donors (Lipinski definition) is 2. The molecule has 0 aromatic heterocycles. The van der Waals surface area contributed by atoms with Crippen LogP contribution in [0.1, 0.15) is 26.2 Å². The van der Waals surface area contributed by atoms with Crippen molar-refractivity contribution in [1.82, 2.24) is 0 Å². The van der Waals surface area contributed by atoms with Crippen molar-refractivity contribution >= 4 is 11.9 Å². The van der Waals surface area contributed by atoms with Gasteiger partial charge in [-0.05, 0) is 12.8 Å². The Bertz CT molecular complexity index is 176. The van der Waals surface area contributed by atoms with Gasteiger partial charge in [-0.3, -0.25) is 9.79 Å². The highest BCUT2D eigenvalue weighted by Gasteiger charge is 2.00. The molecule has 0 heterocycles. The minimum atomic E-state index is -0.187. The molecule has 0 aromatic rings. The molecule has 0 aromatic carbocycles. The summed E-state index contributed by atoms with van der Waals surface area (Å²) in [5, 5.41) is 0. The molecule has 13 heavy (non-hydrogen) atoms. The average molecular weight is 187 g/mol. The lowest BCUT2D eigenvalue weighted by molar-refractivity contribution is -0.143. The number of aliphatic imine (C=N–C) groups is 1. The Morgan fingerprint density at radius 1 is 1.46 bits per heavy atom. The van der Waals surface area contributed by atoms with Crippen molar-refractivity contribution in [2.75, 3.05) is 13.2 Å². The molecule has 0 fully saturated rings. The zero-order valence-corrected chi connectivity index (χ0v) is 7.95. The van der Waals surface area contributed by atoms with Gasteiger partial charge in [0.05, 0.1) is 6.61 Å². The van der Waals surface area contributed by atoms with E-state index in [1.165, 1.54) is 0 Å². The Labute approximate surface area is 78.1 Å². The fourth-order valence-electron chi connectivity index (χ4n) is 0.720. The van der Waals surface area contributed by atoms with E-state index in [1.54, 1.807) is 0 Å². The summed E-state index contributed by atoms with van der Waals surface area (Å²) in [6.07, 6.45) is 1.84. The summed E-state index contributed by atoms with van der Waals surface area (Å²) in [7, 11) is 0. The molecule has 0 rings (SSSR count). The van der Waals surface area contributed by atoms with Gasteiger partial charge in [-0.15, -0.1) is 0 Å². The molecule has 0 saturated heterocycles. The zero-order valence-electron chi connectivity index (χ0n) is 7.95. The lowest BCUT2D eigenvalue weighted by atomic mass is 10.3. The van der Waals surface area contributed by atoms with Crippen molar-refractivity contribution in [3.63, 3.8) is 0 Å². The molecular formula is C8H17N3O2. The van der Waals surface area contributed by atoms with E-state index in [0.717, 1.165) is 6.42 Å². The van der Waals surface area contributed by atoms with E-state index in [2.05, 4.69) is 4.99 Å². The van der Waals surface area contributed by atoms with Crippen LogP contribution in [0, 0.1) is 0 Å². The van der Waals surface area contributed by atoms with Crippen LogP contribution in [0.15, 0.2) is 4.99 Å². The van der Waals surface area contributed by atoms with E-state index in [9.17, 15) is 4.79 Å². The van der Waals surface area contributed by atoms with Crippen molar-refractivity contribution in [2.24, 2.45) is 16.5 Å². The molecule has 0 saturated carbocycles. The summed E-state index contributed by atoms with van der Waals surface area (Å²) in [6.45, 7) is 2.91. The molecule has 0 spiro atoms. The van der Waals surface area contributed by atoms with E-state index in [1.807, 2.05) is 6.92 Å². The quantitative estimate of drug-likeness (QED) is 0.265. The first kappa shape index (κ1) is 11.7. The summed E-state index contributed by atoms with van der Waals surface area (Å²) in [5.74, 6) is -0.130. The van der Waals surface area contributed by atoms with Crippen LogP contribution in [0.25, 0.3) is 0 Å². The molecule has 76 valence electrons. The highest BCUT2D eigenvalue weighted by Crippen LogP contribution is 1.94. The van der Waals surface area contributed by atoms with Gasteiger partial charge >= 0.3 is 5.97 Å². The highest BCUT2D eigenvalue weighted by molar-refractivity contribution is 5.75. The number of ether oxygens (including phenoxy) is 1. The van der Waals surface area contributed by atoms with Gasteiger partial charge in [-0.2, -0.15) is 0 Å². The van der Waals surface area contributed by atoms with Crippen LogP contribution in [0.5, 0.6) is 0 Å². The van der Waals surface area contributed by atoms with Gasteiger partial charge in [0.15, 0.2) is 5.96 Å². The van der Waals surface area contributed by atoms with Crippen molar-refractivity contribution in [1.29, 1.82) is 0 Å². The second-order valence-corrected chi connectivity index (χ2v) is 2.63. The molecule has 0 radical (unpaired) electrons. The van der Waals surface area contributed by atoms with E-state index in [-0.39, 0.29) is 11.9 Å². The Balaban J connectivity index is 3.32. The Hall–Kier alpha value is -1.26. The third-order valence-corrected chi connectivity index (χ3v) is 1.30. The maximum atomic E-state index is 10.9. The molecule has 0 aliphatic heterocycles. The highest BCUT2D eigenvalue weighted by atomic mass is 16.5. The lowest BCUT2D eigenvalue weighted by Crippen LogP contribution is -2.23. The molecule has 0 aliphatic rings. The number of guanidine groups is 1. The van der Waals surface area contributed by atoms with Crippen molar-refractivity contribution in [3.05, 3.63) is 0 Å². The monoisotopic (exact) mass is 187 g/mol. The molecular weight excluding hydrogens is 170 g/mol. The number of carbonyl (C=O) groups excluding carboxylic acids is 1. The predicted octanol–water partition coefficient (Wildman–Crippen LogP) is -0.00680. The van der Waals surface area contributed by atoms with Gasteiger partial charge < -0.3 is 16.2 Å². The van der Waals surface area contributed by atoms with Gasteiger partial charge in [0, 0.05) is 13.0 Å². The molecule has 5 nitrogen and oxygen atoms in total. The minimum Gasteiger partial charge on any atom is -0.466 e. The van der Waals surface area contributed by atoms with Crippen LogP contribution in [0.3, 0.4) is 0 Å². The summed E-state index contributed by atoms with van der Waals surface area (Å²) in [4.78, 5) is 14.7. The predicted molar refractivity (Wildman–Crippen MR) is 51.2 cm³/mol.